The van der Waals surface area contributed by atoms with Crippen LogP contribution in [-0.2, 0) is 10.6 Å². The van der Waals surface area contributed by atoms with Crippen LogP contribution >= 0.6 is 0 Å². The molecule has 0 fully saturated rings. The molecule has 0 atom stereocenters. The van der Waals surface area contributed by atoms with Gasteiger partial charge < -0.3 is 0 Å². The number of hydrogen-bond donors (Lipinski definition) is 0. The number of para-hydroxylation sites is 2. The van der Waals surface area contributed by atoms with Crippen molar-refractivity contribution in [1.82, 2.24) is 9.55 Å². The van der Waals surface area contributed by atoms with E-state index in [0.29, 0.717) is 0 Å². The summed E-state index contributed by atoms with van der Waals surface area (Å²) in [6.45, 7) is 4.73. The van der Waals surface area contributed by atoms with E-state index in [1.165, 1.54) is 77.2 Å². The molecule has 1 aromatic heterocycles. The maximum atomic E-state index is 5.20. The maximum Gasteiger partial charge on any atom is 0.106 e. The summed E-state index contributed by atoms with van der Waals surface area (Å²) < 4.78 is 2.36. The molecule has 7 heteroatoms. The Bertz CT molecular complexity index is 2990. The molecule has 2 nitrogen and oxygen atoms in total. The maximum absolute atomic E-state index is 5.20. The summed E-state index contributed by atoms with van der Waals surface area (Å²) in [4.78, 5) is 5.20. The van der Waals surface area contributed by atoms with Crippen LogP contribution in [0.15, 0.2) is 164 Å². The third-order valence-corrected chi connectivity index (χ3v) is 13.4. The molecule has 0 spiro atoms. The van der Waals surface area contributed by atoms with E-state index in [4.69, 9.17) is 4.98 Å². The highest BCUT2D eigenvalue weighted by Crippen LogP contribution is 2.51. The topological polar surface area (TPSA) is 17.8 Å². The Morgan fingerprint density at radius 3 is 1.56 bits per heavy atom. The Kier molecular flexibility index (Phi) is 7.97. The Hall–Kier alpha value is -5.93. The van der Waals surface area contributed by atoms with E-state index in [2.05, 4.69) is 221 Å². The molecule has 0 saturated carbocycles. The zero-order valence-corrected chi connectivity index (χ0v) is 34.0. The van der Waals surface area contributed by atoms with Crippen molar-refractivity contribution in [3.8, 4) is 50.2 Å². The van der Waals surface area contributed by atoms with Gasteiger partial charge in [-0.2, -0.15) is 0 Å². The highest BCUT2D eigenvalue weighted by molar-refractivity contribution is 6.67. The largest absolute Gasteiger partial charge is 0.297 e. The summed E-state index contributed by atoms with van der Waals surface area (Å²) in [5.74, 6) is 1.09. The van der Waals surface area contributed by atoms with Gasteiger partial charge in [-0.1, -0.05) is 147 Å². The van der Waals surface area contributed by atoms with Crippen LogP contribution in [0.2, 0.25) is 5.11 Å². The van der Waals surface area contributed by atoms with Crippen molar-refractivity contribution in [3.05, 3.63) is 181 Å². The first-order valence-corrected chi connectivity index (χ1v) is 20.3. The predicted octanol–water partition coefficient (Wildman–Crippen LogP) is 8.03. The van der Waals surface area contributed by atoms with Crippen molar-refractivity contribution >= 4 is 71.8 Å². The van der Waals surface area contributed by atoms with Gasteiger partial charge in [0, 0.05) is 11.1 Å². The van der Waals surface area contributed by atoms with Gasteiger partial charge in [0.05, 0.1) is 34.6 Å². The molecular weight excluding hydrogens is 683 g/mol. The second kappa shape index (κ2) is 12.8. The molecule has 8 aromatic carbocycles. The van der Waals surface area contributed by atoms with E-state index in [1.807, 2.05) is 0 Å². The molecule has 0 saturated heterocycles. The molecule has 57 heavy (non-hydrogen) atoms. The molecule has 268 valence electrons. The molecule has 9 aromatic rings. The summed E-state index contributed by atoms with van der Waals surface area (Å²) in [7, 11) is 11.5. The van der Waals surface area contributed by atoms with Gasteiger partial charge in [0.1, 0.15) is 21.5 Å². The molecule has 0 aliphatic heterocycles. The van der Waals surface area contributed by atoms with E-state index in [-0.39, 0.29) is 15.7 Å². The molecule has 1 aliphatic rings. The lowest BCUT2D eigenvalue weighted by atomic mass is 9.23. The molecule has 0 radical (unpaired) electrons. The van der Waals surface area contributed by atoms with Crippen molar-refractivity contribution in [2.75, 3.05) is 0 Å². The molecule has 0 amide bonds. The summed E-state index contributed by atoms with van der Waals surface area (Å²) in [5, 5.41) is 4.97. The number of benzene rings is 8. The lowest BCUT2D eigenvalue weighted by Gasteiger charge is -2.39. The highest BCUT2D eigenvalue weighted by Gasteiger charge is 2.39. The Morgan fingerprint density at radius 2 is 0.947 bits per heavy atom. The fraction of sp³-hybridized carbons (Fsp3) is 0.100. The summed E-state index contributed by atoms with van der Waals surface area (Å²) in [6, 6.07) is 60.7. The molecule has 10 rings (SSSR count). The van der Waals surface area contributed by atoms with Crippen molar-refractivity contribution in [2.24, 2.45) is 0 Å². The first-order valence-electron chi connectivity index (χ1n) is 20.3. The molecule has 0 unspecified atom stereocenters. The van der Waals surface area contributed by atoms with Crippen LogP contribution in [-0.4, -0.2) is 48.8 Å². The second-order valence-corrected chi connectivity index (χ2v) is 18.0. The average molecular weight is 726 g/mol. The summed E-state index contributed by atoms with van der Waals surface area (Å²) in [6.07, 6.45) is 0. The number of aromatic nitrogens is 2. The van der Waals surface area contributed by atoms with Crippen LogP contribution in [0.5, 0.6) is 0 Å². The Labute approximate surface area is 340 Å². The normalized spacial score (nSPS) is 13.6. The van der Waals surface area contributed by atoms with Crippen molar-refractivity contribution < 1.29 is 0 Å². The van der Waals surface area contributed by atoms with Crippen molar-refractivity contribution in [1.29, 1.82) is 0 Å². The SMILES string of the molecule is BC(B)(B)C(B)(B)c1nc2ccccc2n1-c1ccc(-c2ccc(-c3c4ccccc4c(-c4ccc5c(c4)C(C)(C)c4ccccc4-5)c4ccccc34)cc2)cc1. The zero-order valence-electron chi connectivity index (χ0n) is 34.0. The minimum Gasteiger partial charge on any atom is -0.297 e. The van der Waals surface area contributed by atoms with Crippen LogP contribution in [0.25, 0.3) is 82.8 Å². The first kappa shape index (κ1) is 35.5. The van der Waals surface area contributed by atoms with Crippen LogP contribution in [0.4, 0.5) is 0 Å². The Balaban J connectivity index is 1.05. The van der Waals surface area contributed by atoms with Gasteiger partial charge in [-0.3, -0.25) is 4.57 Å². The van der Waals surface area contributed by atoms with E-state index >= 15 is 0 Å². The highest BCUT2D eigenvalue weighted by atomic mass is 15.1. The minimum atomic E-state index is -0.155. The standard InChI is InChI=1S/C50H43B5N2/c1-48(2)41-16-8-7-11-35(41)36-28-25-33(29-42(36)48)46-39-14-5-3-12-37(39)45(38-13-4-6-15-40(38)46)32-21-19-30(20-22-32)31-23-26-34(27-24-31)57-44-18-10-9-17-43(44)56-47(57)49(51,52)50(53,54)55/h3-29H,51-55H2,1-2H3. The van der Waals surface area contributed by atoms with Gasteiger partial charge in [-0.05, 0) is 113 Å². The van der Waals surface area contributed by atoms with Crippen LogP contribution < -0.4 is 0 Å². The van der Waals surface area contributed by atoms with E-state index in [0.717, 1.165) is 22.5 Å². The molecule has 0 N–H and O–H groups in total. The quantitative estimate of drug-likeness (QED) is 0.126. The van der Waals surface area contributed by atoms with Crippen LogP contribution in [0.1, 0.15) is 30.8 Å². The Morgan fingerprint density at radius 1 is 0.474 bits per heavy atom. The van der Waals surface area contributed by atoms with Gasteiger partial charge in [0.15, 0.2) is 0 Å². The fourth-order valence-electron chi connectivity index (χ4n) is 9.28. The third kappa shape index (κ3) is 5.42. The van der Waals surface area contributed by atoms with Crippen LogP contribution in [0, 0.1) is 0 Å². The lowest BCUT2D eigenvalue weighted by molar-refractivity contribution is 0.660. The van der Waals surface area contributed by atoms with Gasteiger partial charge in [-0.25, -0.2) is 4.98 Å². The predicted molar refractivity (Wildman–Crippen MR) is 257 cm³/mol. The average Bonchev–Trinajstić information content (AvgIpc) is 3.73. The number of nitrogens with zero attached hydrogens (tertiary/aromatic N) is 2. The van der Waals surface area contributed by atoms with Crippen molar-refractivity contribution in [3.63, 3.8) is 0 Å². The van der Waals surface area contributed by atoms with Crippen molar-refractivity contribution in [2.45, 2.75) is 29.6 Å². The van der Waals surface area contributed by atoms with Gasteiger partial charge in [0.25, 0.3) is 0 Å². The fourth-order valence-corrected chi connectivity index (χ4v) is 9.28. The summed E-state index contributed by atoms with van der Waals surface area (Å²) in [5.41, 5.74) is 16.2. The number of fused-ring (bicyclic) bond motifs is 6. The zero-order chi connectivity index (χ0) is 39.3. The minimum absolute atomic E-state index is 0.0246. The monoisotopic (exact) mass is 726 g/mol. The number of imidazole rings is 1. The third-order valence-electron chi connectivity index (χ3n) is 13.4. The molecule has 1 heterocycles. The van der Waals surface area contributed by atoms with E-state index in [1.54, 1.807) is 0 Å². The summed E-state index contributed by atoms with van der Waals surface area (Å²) >= 11 is 0. The molecule has 0 bridgehead atoms. The number of rotatable bonds is 6. The smallest absolute Gasteiger partial charge is 0.106 e. The number of hydrogen-bond acceptors (Lipinski definition) is 1. The van der Waals surface area contributed by atoms with Gasteiger partial charge in [0.2, 0.25) is 0 Å². The molecular formula is C50H43B5N2. The van der Waals surface area contributed by atoms with Gasteiger partial charge >= 0.3 is 0 Å². The molecule has 1 aliphatic carbocycles. The van der Waals surface area contributed by atoms with Crippen LogP contribution in [0.3, 0.4) is 0 Å². The van der Waals surface area contributed by atoms with E-state index < -0.39 is 0 Å². The van der Waals surface area contributed by atoms with E-state index in [9.17, 15) is 0 Å². The lowest BCUT2D eigenvalue weighted by Crippen LogP contribution is -2.45. The first-order chi connectivity index (χ1) is 27.4. The van der Waals surface area contributed by atoms with Gasteiger partial charge in [-0.15, -0.1) is 5.11 Å². The second-order valence-electron chi connectivity index (χ2n) is 18.0.